The van der Waals surface area contributed by atoms with Crippen molar-refractivity contribution < 1.29 is 5.11 Å². The molecule has 90 valence electrons. The molecule has 0 spiro atoms. The molecule has 0 aliphatic heterocycles. The topological polar surface area (TPSA) is 32.3 Å². The van der Waals surface area contributed by atoms with Crippen molar-refractivity contribution in [1.82, 2.24) is 5.32 Å². The molecule has 0 aliphatic carbocycles. The van der Waals surface area contributed by atoms with Crippen LogP contribution in [0.1, 0.15) is 18.9 Å². The van der Waals surface area contributed by atoms with Gasteiger partial charge in [0.05, 0.1) is 0 Å². The number of rotatable bonds is 7. The quantitative estimate of drug-likeness (QED) is 0.583. The molecule has 0 atom stereocenters. The van der Waals surface area contributed by atoms with Crippen LogP contribution < -0.4 is 5.32 Å². The van der Waals surface area contributed by atoms with Crippen molar-refractivity contribution in [2.24, 2.45) is 0 Å². The summed E-state index contributed by atoms with van der Waals surface area (Å²) in [5.74, 6) is 0.930. The zero-order valence-electron chi connectivity index (χ0n) is 9.50. The van der Waals surface area contributed by atoms with E-state index in [2.05, 4.69) is 24.4 Å². The first-order valence-electron chi connectivity index (χ1n) is 5.50. The molecule has 16 heavy (non-hydrogen) atoms. The first-order chi connectivity index (χ1) is 7.77. The number of benzene rings is 1. The first kappa shape index (κ1) is 13.8. The number of hydrogen-bond donors (Lipinski definition) is 2. The molecule has 1 aromatic carbocycles. The van der Waals surface area contributed by atoms with Crippen molar-refractivity contribution in [2.75, 3.05) is 18.9 Å². The molecular weight excluding hydrogens is 242 g/mol. The molecule has 2 nitrogen and oxygen atoms in total. The minimum Gasteiger partial charge on any atom is -0.396 e. The fraction of sp³-hybridized carbons (Fsp3) is 0.500. The van der Waals surface area contributed by atoms with E-state index in [1.165, 1.54) is 4.90 Å². The zero-order chi connectivity index (χ0) is 11.8. The summed E-state index contributed by atoms with van der Waals surface area (Å²) in [5, 5.41) is 12.8. The Morgan fingerprint density at radius 2 is 2.25 bits per heavy atom. The summed E-state index contributed by atoms with van der Waals surface area (Å²) in [6.45, 7) is 4.09. The second-order valence-corrected chi connectivity index (χ2v) is 5.03. The second kappa shape index (κ2) is 7.96. The first-order valence-corrected chi connectivity index (χ1v) is 6.87. The Morgan fingerprint density at radius 1 is 1.44 bits per heavy atom. The van der Waals surface area contributed by atoms with Gasteiger partial charge in [0, 0.05) is 28.8 Å². The maximum absolute atomic E-state index is 8.69. The van der Waals surface area contributed by atoms with Crippen LogP contribution in [-0.4, -0.2) is 24.0 Å². The highest BCUT2D eigenvalue weighted by atomic mass is 35.5. The average molecular weight is 260 g/mol. The monoisotopic (exact) mass is 259 g/mol. The van der Waals surface area contributed by atoms with Crippen molar-refractivity contribution in [1.29, 1.82) is 0 Å². The van der Waals surface area contributed by atoms with Gasteiger partial charge in [-0.2, -0.15) is 0 Å². The van der Waals surface area contributed by atoms with Crippen molar-refractivity contribution in [2.45, 2.75) is 24.8 Å². The van der Waals surface area contributed by atoms with Crippen LogP contribution in [0.5, 0.6) is 0 Å². The molecule has 0 heterocycles. The molecule has 0 saturated heterocycles. The van der Waals surface area contributed by atoms with Crippen LogP contribution in [0, 0.1) is 0 Å². The Labute approximate surface area is 106 Å². The molecule has 0 aliphatic rings. The highest BCUT2D eigenvalue weighted by molar-refractivity contribution is 7.99. The average Bonchev–Trinajstić information content (AvgIpc) is 2.28. The largest absolute Gasteiger partial charge is 0.396 e. The molecule has 2 N–H and O–H groups in total. The summed E-state index contributed by atoms with van der Waals surface area (Å²) >= 11 is 7.90. The van der Waals surface area contributed by atoms with Crippen LogP contribution in [-0.2, 0) is 6.54 Å². The van der Waals surface area contributed by atoms with Gasteiger partial charge in [0.15, 0.2) is 0 Å². The van der Waals surface area contributed by atoms with Crippen LogP contribution in [0.3, 0.4) is 0 Å². The van der Waals surface area contributed by atoms with Crippen molar-refractivity contribution in [3.63, 3.8) is 0 Å². The van der Waals surface area contributed by atoms with Gasteiger partial charge in [-0.3, -0.25) is 0 Å². The third-order valence-electron chi connectivity index (χ3n) is 2.16. The van der Waals surface area contributed by atoms with E-state index >= 15 is 0 Å². The van der Waals surface area contributed by atoms with Gasteiger partial charge in [-0.1, -0.05) is 24.6 Å². The lowest BCUT2D eigenvalue weighted by atomic mass is 10.2. The molecule has 0 aromatic heterocycles. The Kier molecular flexibility index (Phi) is 6.88. The van der Waals surface area contributed by atoms with Gasteiger partial charge in [-0.05, 0) is 30.7 Å². The molecule has 1 rings (SSSR count). The minimum atomic E-state index is 0.249. The standard InChI is InChI=1S/C12H18ClNOS/c1-2-14-9-10-4-5-11(8-12(10)13)16-7-3-6-15/h4-5,8,14-15H,2-3,6-7,9H2,1H3. The molecule has 0 unspecified atom stereocenters. The fourth-order valence-corrected chi connectivity index (χ4v) is 2.46. The van der Waals surface area contributed by atoms with Crippen LogP contribution in [0.25, 0.3) is 0 Å². The Bertz CT molecular complexity index is 320. The van der Waals surface area contributed by atoms with E-state index in [0.29, 0.717) is 0 Å². The van der Waals surface area contributed by atoms with Gasteiger partial charge < -0.3 is 10.4 Å². The van der Waals surface area contributed by atoms with E-state index < -0.39 is 0 Å². The minimum absolute atomic E-state index is 0.249. The number of halogens is 1. The maximum Gasteiger partial charge on any atom is 0.0462 e. The number of aliphatic hydroxyl groups excluding tert-OH is 1. The van der Waals surface area contributed by atoms with E-state index in [4.69, 9.17) is 16.7 Å². The molecule has 4 heteroatoms. The molecule has 0 amide bonds. The lowest BCUT2D eigenvalue weighted by molar-refractivity contribution is 0.296. The van der Waals surface area contributed by atoms with Gasteiger partial charge in [-0.15, -0.1) is 11.8 Å². The van der Waals surface area contributed by atoms with Gasteiger partial charge in [0.1, 0.15) is 0 Å². The lowest BCUT2D eigenvalue weighted by Crippen LogP contribution is -2.11. The van der Waals surface area contributed by atoms with Gasteiger partial charge in [0.2, 0.25) is 0 Å². The van der Waals surface area contributed by atoms with Crippen molar-refractivity contribution in [3.05, 3.63) is 28.8 Å². The lowest BCUT2D eigenvalue weighted by Gasteiger charge is -2.07. The molecule has 1 aromatic rings. The normalized spacial score (nSPS) is 10.7. The van der Waals surface area contributed by atoms with Crippen molar-refractivity contribution >= 4 is 23.4 Å². The van der Waals surface area contributed by atoms with Crippen molar-refractivity contribution in [3.8, 4) is 0 Å². The predicted octanol–water partition coefficient (Wildman–Crippen LogP) is 2.92. The van der Waals surface area contributed by atoms with Crippen LogP contribution >= 0.6 is 23.4 Å². The third kappa shape index (κ3) is 4.74. The van der Waals surface area contributed by atoms with E-state index in [-0.39, 0.29) is 6.61 Å². The number of hydrogen-bond acceptors (Lipinski definition) is 3. The highest BCUT2D eigenvalue weighted by Gasteiger charge is 2.01. The van der Waals surface area contributed by atoms with Gasteiger partial charge in [-0.25, -0.2) is 0 Å². The van der Waals surface area contributed by atoms with Crippen LogP contribution in [0.4, 0.5) is 0 Å². The summed E-state index contributed by atoms with van der Waals surface area (Å²) in [6.07, 6.45) is 0.821. The molecule has 0 saturated carbocycles. The molecule has 0 fully saturated rings. The molecule has 0 radical (unpaired) electrons. The molecular formula is C12H18ClNOS. The van der Waals surface area contributed by atoms with Crippen LogP contribution in [0.2, 0.25) is 5.02 Å². The number of nitrogens with one attached hydrogen (secondary N) is 1. The van der Waals surface area contributed by atoms with Gasteiger partial charge >= 0.3 is 0 Å². The molecule has 0 bridgehead atoms. The summed E-state index contributed by atoms with van der Waals surface area (Å²) in [4.78, 5) is 1.17. The second-order valence-electron chi connectivity index (χ2n) is 3.46. The summed E-state index contributed by atoms with van der Waals surface area (Å²) in [6, 6.07) is 6.14. The Morgan fingerprint density at radius 3 is 2.88 bits per heavy atom. The zero-order valence-corrected chi connectivity index (χ0v) is 11.1. The van der Waals surface area contributed by atoms with E-state index in [0.717, 1.165) is 35.8 Å². The SMILES string of the molecule is CCNCc1ccc(SCCCO)cc1Cl. The van der Waals surface area contributed by atoms with E-state index in [1.54, 1.807) is 11.8 Å². The van der Waals surface area contributed by atoms with Crippen LogP contribution in [0.15, 0.2) is 23.1 Å². The summed E-state index contributed by atoms with van der Waals surface area (Å²) < 4.78 is 0. The Hall–Kier alpha value is -0.220. The number of thioether (sulfide) groups is 1. The van der Waals surface area contributed by atoms with E-state index in [1.807, 2.05) is 6.07 Å². The maximum atomic E-state index is 8.69. The highest BCUT2D eigenvalue weighted by Crippen LogP contribution is 2.25. The summed E-state index contributed by atoms with van der Waals surface area (Å²) in [5.41, 5.74) is 1.13. The predicted molar refractivity (Wildman–Crippen MR) is 71.3 cm³/mol. The summed E-state index contributed by atoms with van der Waals surface area (Å²) in [7, 11) is 0. The smallest absolute Gasteiger partial charge is 0.0462 e. The van der Waals surface area contributed by atoms with Gasteiger partial charge in [0.25, 0.3) is 0 Å². The fourth-order valence-electron chi connectivity index (χ4n) is 1.28. The Balaban J connectivity index is 2.53. The van der Waals surface area contributed by atoms with E-state index in [9.17, 15) is 0 Å². The third-order valence-corrected chi connectivity index (χ3v) is 3.59. The number of aliphatic hydroxyl groups is 1.